The van der Waals surface area contributed by atoms with Crippen molar-refractivity contribution < 1.29 is 27.4 Å². The number of anilines is 1. The molecule has 0 saturated heterocycles. The van der Waals surface area contributed by atoms with E-state index in [4.69, 9.17) is 4.74 Å². The molecule has 2 aromatic carbocycles. The molecule has 0 amide bonds. The van der Waals surface area contributed by atoms with E-state index in [2.05, 4.69) is 61.4 Å². The van der Waals surface area contributed by atoms with Crippen LogP contribution in [-0.2, 0) is 32.1 Å². The van der Waals surface area contributed by atoms with Crippen molar-refractivity contribution in [3.63, 3.8) is 0 Å². The predicted octanol–water partition coefficient (Wildman–Crippen LogP) is 4.40. The fraction of sp³-hybridized carbons (Fsp3) is 0.452. The Hall–Kier alpha value is -2.78. The highest BCUT2D eigenvalue weighted by Crippen LogP contribution is 2.54. The Morgan fingerprint density at radius 2 is 1.82 bits per heavy atom. The highest BCUT2D eigenvalue weighted by atomic mass is 32.2. The molecule has 2 N–H and O–H groups in total. The van der Waals surface area contributed by atoms with Gasteiger partial charge in [-0.1, -0.05) is 26.0 Å². The first-order valence-electron chi connectivity index (χ1n) is 13.8. The van der Waals surface area contributed by atoms with E-state index in [1.807, 2.05) is 6.07 Å². The summed E-state index contributed by atoms with van der Waals surface area (Å²) in [6.07, 6.45) is 4.85. The van der Waals surface area contributed by atoms with Crippen molar-refractivity contribution in [2.24, 2.45) is 0 Å². The minimum atomic E-state index is -4.30. The molecule has 0 aliphatic carbocycles. The van der Waals surface area contributed by atoms with Crippen LogP contribution in [-0.4, -0.2) is 60.3 Å². The van der Waals surface area contributed by atoms with Gasteiger partial charge in [0.25, 0.3) is 10.1 Å². The second-order valence-electron chi connectivity index (χ2n) is 12.5. The van der Waals surface area contributed by atoms with E-state index in [9.17, 15) is 18.1 Å². The molecule has 204 valence electrons. The van der Waals surface area contributed by atoms with Crippen LogP contribution in [0.4, 0.5) is 11.4 Å². The van der Waals surface area contributed by atoms with Gasteiger partial charge in [0.15, 0.2) is 12.3 Å². The van der Waals surface area contributed by atoms with Crippen molar-refractivity contribution in [3.8, 4) is 0 Å². The molecule has 0 radical (unpaired) electrons. The van der Waals surface area contributed by atoms with Gasteiger partial charge < -0.3 is 14.7 Å². The fourth-order valence-electron chi connectivity index (χ4n) is 7.76. The number of aliphatic hydroxyl groups excluding tert-OH is 1. The molecule has 5 heterocycles. The third kappa shape index (κ3) is 3.44. The topological polar surface area (TPSA) is 90.1 Å². The Morgan fingerprint density at radius 1 is 1.03 bits per heavy atom. The average Bonchev–Trinajstić information content (AvgIpc) is 3.26. The Kier molecular flexibility index (Phi) is 5.25. The van der Waals surface area contributed by atoms with Crippen molar-refractivity contribution >= 4 is 27.2 Å². The van der Waals surface area contributed by atoms with Gasteiger partial charge in [0.1, 0.15) is 0 Å². The standard InChI is InChI=1S/C31H34N2O5S/c1-30(2)22-15-18(11-14-34)5-7-24(22)32-12-9-26-20(28(30)32)17-21-27(38-26)10-13-33-25-8-6-19(39(35,36)37)16-23(25)31(3,4)29(21)33/h5-8,15-17,26-27,34H,9-14H2,1-4H3/p+1. The molecule has 2 unspecified atom stereocenters. The fourth-order valence-corrected chi connectivity index (χ4v) is 8.27. The second-order valence-corrected chi connectivity index (χ2v) is 13.9. The van der Waals surface area contributed by atoms with Gasteiger partial charge in [0.05, 0.1) is 22.5 Å². The molecule has 8 heteroatoms. The van der Waals surface area contributed by atoms with Crippen LogP contribution >= 0.6 is 0 Å². The number of fused-ring (bicyclic) bond motifs is 8. The number of hydrogen-bond acceptors (Lipinski definition) is 5. The predicted molar refractivity (Wildman–Crippen MR) is 150 cm³/mol. The summed E-state index contributed by atoms with van der Waals surface area (Å²) in [7, 11) is -4.30. The van der Waals surface area contributed by atoms with E-state index in [0.29, 0.717) is 6.42 Å². The van der Waals surface area contributed by atoms with Crippen LogP contribution in [0.2, 0.25) is 0 Å². The first-order chi connectivity index (χ1) is 18.4. The van der Waals surface area contributed by atoms with Crippen LogP contribution in [0.1, 0.15) is 57.2 Å². The summed E-state index contributed by atoms with van der Waals surface area (Å²) in [4.78, 5) is 2.39. The molecular formula is C31H35N2O5S+. The van der Waals surface area contributed by atoms with Gasteiger partial charge in [-0.05, 0) is 62.1 Å². The van der Waals surface area contributed by atoms with Gasteiger partial charge in [0, 0.05) is 59.1 Å². The SMILES string of the molecule is CC1(C)C2=C3C=C4C5=[N+](CCC4OC3CCN2c2ccc(CCO)cc21)c1ccc(S(=O)(=O)O)cc1C5(C)C. The van der Waals surface area contributed by atoms with Gasteiger partial charge in [-0.15, -0.1) is 0 Å². The lowest BCUT2D eigenvalue weighted by Gasteiger charge is -2.42. The van der Waals surface area contributed by atoms with Crippen LogP contribution in [0.5, 0.6) is 0 Å². The van der Waals surface area contributed by atoms with Gasteiger partial charge in [-0.2, -0.15) is 13.0 Å². The lowest BCUT2D eigenvalue weighted by molar-refractivity contribution is -0.445. The monoisotopic (exact) mass is 547 g/mol. The Morgan fingerprint density at radius 3 is 2.56 bits per heavy atom. The van der Waals surface area contributed by atoms with Crippen LogP contribution in [0.25, 0.3) is 0 Å². The minimum Gasteiger partial charge on any atom is -0.396 e. The maximum atomic E-state index is 11.9. The van der Waals surface area contributed by atoms with E-state index in [0.717, 1.165) is 48.5 Å². The molecule has 0 aromatic heterocycles. The lowest BCUT2D eigenvalue weighted by atomic mass is 9.74. The number of hydrogen-bond donors (Lipinski definition) is 2. The number of nitrogens with zero attached hydrogens (tertiary/aromatic N) is 2. The van der Waals surface area contributed by atoms with Crippen molar-refractivity contribution in [2.45, 2.75) is 74.9 Å². The second kappa shape index (κ2) is 8.13. The molecule has 2 atom stereocenters. The first kappa shape index (κ1) is 25.2. The van der Waals surface area contributed by atoms with Crippen LogP contribution in [0.3, 0.4) is 0 Å². The first-order valence-corrected chi connectivity index (χ1v) is 15.3. The van der Waals surface area contributed by atoms with E-state index in [-0.39, 0.29) is 29.1 Å². The summed E-state index contributed by atoms with van der Waals surface area (Å²) in [5, 5.41) is 9.51. The number of benzene rings is 2. The van der Waals surface area contributed by atoms with Crippen molar-refractivity contribution in [1.29, 1.82) is 0 Å². The largest absolute Gasteiger partial charge is 0.396 e. The molecule has 0 fully saturated rings. The number of rotatable bonds is 3. The lowest BCUT2D eigenvalue weighted by Crippen LogP contribution is -2.47. The van der Waals surface area contributed by atoms with Crippen molar-refractivity contribution in [2.75, 3.05) is 24.6 Å². The van der Waals surface area contributed by atoms with Crippen molar-refractivity contribution in [1.82, 2.24) is 0 Å². The molecule has 7 nitrogen and oxygen atoms in total. The van der Waals surface area contributed by atoms with Gasteiger partial charge in [0.2, 0.25) is 5.69 Å². The van der Waals surface area contributed by atoms with Gasteiger partial charge in [-0.3, -0.25) is 4.55 Å². The van der Waals surface area contributed by atoms with E-state index in [1.54, 1.807) is 6.07 Å². The quantitative estimate of drug-likeness (QED) is 0.438. The third-order valence-corrected chi connectivity index (χ3v) is 10.3. The third-order valence-electron chi connectivity index (χ3n) is 9.49. The highest BCUT2D eigenvalue weighted by Gasteiger charge is 2.54. The highest BCUT2D eigenvalue weighted by molar-refractivity contribution is 7.85. The van der Waals surface area contributed by atoms with Gasteiger partial charge >= 0.3 is 0 Å². The summed E-state index contributed by atoms with van der Waals surface area (Å²) in [6, 6.07) is 11.5. The zero-order chi connectivity index (χ0) is 27.5. The normalized spacial score (nSPS) is 25.9. The zero-order valence-electron chi connectivity index (χ0n) is 22.9. The number of allylic oxidation sites excluding steroid dienone is 1. The molecular weight excluding hydrogens is 512 g/mol. The Bertz CT molecular complexity index is 1650. The van der Waals surface area contributed by atoms with E-state index in [1.165, 1.54) is 34.2 Å². The molecule has 0 bridgehead atoms. The Labute approximate surface area is 229 Å². The minimum absolute atomic E-state index is 0.00479. The summed E-state index contributed by atoms with van der Waals surface area (Å²) >= 11 is 0. The molecule has 5 aliphatic heterocycles. The van der Waals surface area contributed by atoms with Crippen LogP contribution in [0, 0.1) is 0 Å². The molecule has 39 heavy (non-hydrogen) atoms. The Balaban J connectivity index is 1.39. The van der Waals surface area contributed by atoms with Crippen LogP contribution in [0.15, 0.2) is 64.2 Å². The zero-order valence-corrected chi connectivity index (χ0v) is 23.7. The molecule has 5 aliphatic rings. The molecule has 0 spiro atoms. The molecule has 2 aromatic rings. The van der Waals surface area contributed by atoms with Crippen LogP contribution < -0.4 is 4.90 Å². The molecule has 7 rings (SSSR count). The summed E-state index contributed by atoms with van der Waals surface area (Å²) in [5.74, 6) is 0. The molecule has 0 saturated carbocycles. The summed E-state index contributed by atoms with van der Waals surface area (Å²) in [5.41, 5.74) is 9.78. The summed E-state index contributed by atoms with van der Waals surface area (Å²) < 4.78 is 42.8. The number of ether oxygens (including phenoxy) is 1. The maximum Gasteiger partial charge on any atom is 0.294 e. The van der Waals surface area contributed by atoms with Gasteiger partial charge in [-0.25, -0.2) is 0 Å². The average molecular weight is 548 g/mol. The van der Waals surface area contributed by atoms with E-state index < -0.39 is 15.5 Å². The van der Waals surface area contributed by atoms with Crippen molar-refractivity contribution in [3.05, 3.63) is 76.0 Å². The smallest absolute Gasteiger partial charge is 0.294 e. The van der Waals surface area contributed by atoms with E-state index >= 15 is 0 Å². The number of aliphatic hydroxyl groups is 1. The summed E-state index contributed by atoms with van der Waals surface area (Å²) in [6.45, 7) is 10.7. The maximum absolute atomic E-state index is 11.9.